The van der Waals surface area contributed by atoms with Gasteiger partial charge >= 0.3 is 0 Å². The van der Waals surface area contributed by atoms with E-state index in [9.17, 15) is 4.79 Å². The van der Waals surface area contributed by atoms with Gasteiger partial charge in [-0.1, -0.05) is 28.1 Å². The molecule has 1 unspecified atom stereocenters. The third-order valence-corrected chi connectivity index (χ3v) is 4.05. The van der Waals surface area contributed by atoms with Crippen molar-refractivity contribution in [3.8, 4) is 5.75 Å². The van der Waals surface area contributed by atoms with Crippen LogP contribution < -0.4 is 4.74 Å². The molecule has 0 amide bonds. The lowest BCUT2D eigenvalue weighted by Gasteiger charge is -2.26. The highest BCUT2D eigenvalue weighted by molar-refractivity contribution is 9.09. The smallest absolute Gasteiger partial charge is 0.138 e. The molecule has 0 saturated carbocycles. The zero-order valence-corrected chi connectivity index (χ0v) is 13.0. The highest BCUT2D eigenvalue weighted by Crippen LogP contribution is 2.22. The predicted octanol–water partition coefficient (Wildman–Crippen LogP) is 2.42. The molecule has 1 aromatic rings. The quantitative estimate of drug-likeness (QED) is 0.433. The Kier molecular flexibility index (Phi) is 6.50. The Morgan fingerprint density at radius 3 is 2.65 bits per heavy atom. The van der Waals surface area contributed by atoms with Crippen molar-refractivity contribution in [2.24, 2.45) is 0 Å². The summed E-state index contributed by atoms with van der Waals surface area (Å²) in [5.41, 5.74) is 0.945. The Balaban J connectivity index is 1.67. The number of hydrogen-bond acceptors (Lipinski definition) is 4. The predicted molar refractivity (Wildman–Crippen MR) is 81.5 cm³/mol. The van der Waals surface area contributed by atoms with Crippen LogP contribution in [-0.4, -0.2) is 50.6 Å². The van der Waals surface area contributed by atoms with E-state index in [1.165, 1.54) is 0 Å². The molecule has 1 aromatic carbocycles. The van der Waals surface area contributed by atoms with Crippen LogP contribution in [0.4, 0.5) is 0 Å². The van der Waals surface area contributed by atoms with Crippen molar-refractivity contribution in [2.45, 2.75) is 11.2 Å². The fourth-order valence-corrected chi connectivity index (χ4v) is 2.43. The van der Waals surface area contributed by atoms with Gasteiger partial charge in [0, 0.05) is 19.6 Å². The number of hydrogen-bond donors (Lipinski definition) is 0. The van der Waals surface area contributed by atoms with E-state index in [0.717, 1.165) is 56.9 Å². The number of nitrogens with zero attached hydrogens (tertiary/aromatic N) is 1. The van der Waals surface area contributed by atoms with Crippen LogP contribution in [0.25, 0.3) is 0 Å². The zero-order valence-electron chi connectivity index (χ0n) is 11.5. The van der Waals surface area contributed by atoms with Gasteiger partial charge in [-0.3, -0.25) is 4.90 Å². The second-order valence-electron chi connectivity index (χ2n) is 4.76. The monoisotopic (exact) mass is 341 g/mol. The van der Waals surface area contributed by atoms with Crippen molar-refractivity contribution in [1.82, 2.24) is 4.90 Å². The second-order valence-corrected chi connectivity index (χ2v) is 5.75. The molecule has 1 aliphatic rings. The van der Waals surface area contributed by atoms with Crippen LogP contribution in [0, 0.1) is 0 Å². The van der Waals surface area contributed by atoms with Crippen molar-refractivity contribution in [2.75, 3.05) is 39.5 Å². The van der Waals surface area contributed by atoms with Gasteiger partial charge in [-0.25, -0.2) is 0 Å². The van der Waals surface area contributed by atoms with E-state index < -0.39 is 0 Å². The van der Waals surface area contributed by atoms with Crippen molar-refractivity contribution in [3.05, 3.63) is 29.8 Å². The molecule has 0 N–H and O–H groups in total. The van der Waals surface area contributed by atoms with Gasteiger partial charge in [-0.05, 0) is 24.1 Å². The third kappa shape index (κ3) is 4.89. The van der Waals surface area contributed by atoms with E-state index in [2.05, 4.69) is 20.8 Å². The topological polar surface area (TPSA) is 38.8 Å². The maximum Gasteiger partial charge on any atom is 0.138 e. The first-order chi connectivity index (χ1) is 9.79. The van der Waals surface area contributed by atoms with Gasteiger partial charge in [-0.2, -0.15) is 0 Å². The summed E-state index contributed by atoms with van der Waals surface area (Å²) in [4.78, 5) is 12.8. The fraction of sp³-hybridized carbons (Fsp3) is 0.533. The lowest BCUT2D eigenvalue weighted by molar-refractivity contribution is -0.107. The molecule has 2 rings (SSSR count). The number of morpholine rings is 1. The molecule has 0 aliphatic carbocycles. The summed E-state index contributed by atoms with van der Waals surface area (Å²) in [6.07, 6.45) is 1.88. The summed E-state index contributed by atoms with van der Waals surface area (Å²) >= 11 is 3.29. The van der Waals surface area contributed by atoms with Crippen molar-refractivity contribution in [1.29, 1.82) is 0 Å². The Bertz CT molecular complexity index is 404. The summed E-state index contributed by atoms with van der Waals surface area (Å²) in [6, 6.07) is 7.62. The SMILES string of the molecule is O=CC(Br)c1ccc(OCCCN2CCOCC2)cc1. The summed E-state index contributed by atoms with van der Waals surface area (Å²) in [5, 5.41) is 0. The van der Waals surface area contributed by atoms with Crippen molar-refractivity contribution < 1.29 is 14.3 Å². The first kappa shape index (κ1) is 15.5. The summed E-state index contributed by atoms with van der Waals surface area (Å²) in [7, 11) is 0. The number of aldehydes is 1. The molecule has 20 heavy (non-hydrogen) atoms. The number of halogens is 1. The summed E-state index contributed by atoms with van der Waals surface area (Å²) < 4.78 is 11.0. The average molecular weight is 342 g/mol. The number of alkyl halides is 1. The normalized spacial score (nSPS) is 17.6. The highest BCUT2D eigenvalue weighted by atomic mass is 79.9. The van der Waals surface area contributed by atoms with Crippen LogP contribution in [0.3, 0.4) is 0 Å². The van der Waals surface area contributed by atoms with E-state index in [-0.39, 0.29) is 4.83 Å². The maximum absolute atomic E-state index is 10.7. The Labute approximate surface area is 128 Å². The first-order valence-electron chi connectivity index (χ1n) is 6.92. The average Bonchev–Trinajstić information content (AvgIpc) is 2.52. The molecule has 0 spiro atoms. The minimum Gasteiger partial charge on any atom is -0.494 e. The molecular weight excluding hydrogens is 322 g/mol. The van der Waals surface area contributed by atoms with E-state index in [4.69, 9.17) is 9.47 Å². The van der Waals surface area contributed by atoms with Gasteiger partial charge in [0.05, 0.1) is 24.6 Å². The van der Waals surface area contributed by atoms with Gasteiger partial charge in [0.15, 0.2) is 0 Å². The standard InChI is InChI=1S/C15H20BrNO3/c16-15(12-18)13-2-4-14(5-3-13)20-9-1-6-17-7-10-19-11-8-17/h2-5,12,15H,1,6-11H2. The molecule has 1 fully saturated rings. The van der Waals surface area contributed by atoms with Gasteiger partial charge < -0.3 is 14.3 Å². The van der Waals surface area contributed by atoms with Crippen LogP contribution >= 0.6 is 15.9 Å². The number of ether oxygens (including phenoxy) is 2. The van der Waals surface area contributed by atoms with Gasteiger partial charge in [0.1, 0.15) is 12.0 Å². The maximum atomic E-state index is 10.7. The van der Waals surface area contributed by atoms with E-state index in [1.54, 1.807) is 0 Å². The molecule has 110 valence electrons. The highest BCUT2D eigenvalue weighted by Gasteiger charge is 2.09. The number of carbonyl (C=O) groups excluding carboxylic acids is 1. The van der Waals surface area contributed by atoms with E-state index >= 15 is 0 Å². The molecule has 1 heterocycles. The van der Waals surface area contributed by atoms with Crippen LogP contribution in [0.15, 0.2) is 24.3 Å². The van der Waals surface area contributed by atoms with Crippen molar-refractivity contribution in [3.63, 3.8) is 0 Å². The Hall–Kier alpha value is -0.910. The molecule has 0 bridgehead atoms. The molecule has 4 nitrogen and oxygen atoms in total. The Morgan fingerprint density at radius 1 is 1.30 bits per heavy atom. The number of carbonyl (C=O) groups is 1. The van der Waals surface area contributed by atoms with E-state index in [1.807, 2.05) is 24.3 Å². The minimum atomic E-state index is -0.238. The largest absolute Gasteiger partial charge is 0.494 e. The second kappa shape index (κ2) is 8.39. The molecule has 1 aliphatic heterocycles. The van der Waals surface area contributed by atoms with Crippen LogP contribution in [-0.2, 0) is 9.53 Å². The van der Waals surface area contributed by atoms with Gasteiger partial charge in [0.25, 0.3) is 0 Å². The summed E-state index contributed by atoms with van der Waals surface area (Å²) in [6.45, 7) is 5.48. The summed E-state index contributed by atoms with van der Waals surface area (Å²) in [5.74, 6) is 0.848. The third-order valence-electron chi connectivity index (χ3n) is 3.31. The van der Waals surface area contributed by atoms with E-state index in [0.29, 0.717) is 6.61 Å². The van der Waals surface area contributed by atoms with Crippen LogP contribution in [0.2, 0.25) is 0 Å². The zero-order chi connectivity index (χ0) is 14.2. The number of rotatable bonds is 7. The first-order valence-corrected chi connectivity index (χ1v) is 7.83. The van der Waals surface area contributed by atoms with Crippen LogP contribution in [0.1, 0.15) is 16.8 Å². The fourth-order valence-electron chi connectivity index (χ4n) is 2.13. The molecule has 1 atom stereocenters. The van der Waals surface area contributed by atoms with Gasteiger partial charge in [-0.15, -0.1) is 0 Å². The van der Waals surface area contributed by atoms with Crippen LogP contribution in [0.5, 0.6) is 5.75 Å². The molecule has 0 aromatic heterocycles. The molecular formula is C15H20BrNO3. The van der Waals surface area contributed by atoms with Gasteiger partial charge in [0.2, 0.25) is 0 Å². The molecule has 5 heteroatoms. The minimum absolute atomic E-state index is 0.238. The van der Waals surface area contributed by atoms with Crippen molar-refractivity contribution >= 4 is 22.2 Å². The lowest BCUT2D eigenvalue weighted by atomic mass is 10.2. The number of benzene rings is 1. The molecule has 1 saturated heterocycles. The molecule has 0 radical (unpaired) electrons. The Morgan fingerprint density at radius 2 is 2.00 bits per heavy atom. The lowest BCUT2D eigenvalue weighted by Crippen LogP contribution is -2.37.